The summed E-state index contributed by atoms with van der Waals surface area (Å²) in [4.78, 5) is 4.31. The van der Waals surface area contributed by atoms with E-state index in [2.05, 4.69) is 41.9 Å². The van der Waals surface area contributed by atoms with Crippen molar-refractivity contribution in [2.75, 3.05) is 5.75 Å². The number of unbranched alkanes of at least 4 members (excludes halogenated alkanes) is 1. The van der Waals surface area contributed by atoms with Gasteiger partial charge in [0.1, 0.15) is 0 Å². The molecule has 0 bridgehead atoms. The topological polar surface area (TPSA) is 12.9 Å². The molecule has 1 heterocycles. The summed E-state index contributed by atoms with van der Waals surface area (Å²) in [7, 11) is 0. The first kappa shape index (κ1) is 10.5. The molecule has 0 radical (unpaired) electrons. The van der Waals surface area contributed by atoms with Crippen LogP contribution in [0.15, 0.2) is 36.5 Å². The molecule has 1 aromatic heterocycles. The molecule has 0 aliphatic rings. The minimum absolute atomic E-state index is 0.981. The van der Waals surface area contributed by atoms with Crippen molar-refractivity contribution >= 4 is 23.5 Å². The quantitative estimate of drug-likeness (QED) is 0.611. The van der Waals surface area contributed by atoms with Crippen LogP contribution in [0.4, 0.5) is 0 Å². The van der Waals surface area contributed by atoms with Crippen LogP contribution in [0, 0.1) is 0 Å². The summed E-state index contributed by atoms with van der Waals surface area (Å²) in [5, 5.41) is 1.24. The lowest BCUT2D eigenvalue weighted by molar-refractivity contribution is 0.805. The zero-order valence-electron chi connectivity index (χ0n) is 8.69. The molecule has 15 heavy (non-hydrogen) atoms. The van der Waals surface area contributed by atoms with E-state index in [-0.39, 0.29) is 0 Å². The van der Waals surface area contributed by atoms with Crippen molar-refractivity contribution in [3.8, 4) is 0 Å². The number of benzene rings is 1. The minimum atomic E-state index is 0.981. The summed E-state index contributed by atoms with van der Waals surface area (Å²) in [6.07, 6.45) is 5.39. The van der Waals surface area contributed by atoms with E-state index >= 15 is 0 Å². The van der Waals surface area contributed by atoms with E-state index in [0.717, 1.165) is 17.7 Å². The first-order valence-electron chi connectivity index (χ1n) is 5.34. The molecule has 0 N–H and O–H groups in total. The Morgan fingerprint density at radius 3 is 2.93 bits per heavy atom. The van der Waals surface area contributed by atoms with Gasteiger partial charge in [-0.15, -0.1) is 0 Å². The smallest absolute Gasteiger partial charge is 0.0702 e. The number of pyridine rings is 1. The largest absolute Gasteiger partial charge is 0.256 e. The molecular weight excluding hydrogens is 202 g/mol. The summed E-state index contributed by atoms with van der Waals surface area (Å²) in [6, 6.07) is 10.6. The molecule has 0 aliphatic carbocycles. The molecule has 0 unspecified atom stereocenters. The van der Waals surface area contributed by atoms with Gasteiger partial charge in [0.15, 0.2) is 0 Å². The van der Waals surface area contributed by atoms with Gasteiger partial charge in [-0.3, -0.25) is 4.98 Å². The van der Waals surface area contributed by atoms with Crippen molar-refractivity contribution in [3.05, 3.63) is 42.1 Å². The second kappa shape index (κ2) is 5.17. The van der Waals surface area contributed by atoms with Gasteiger partial charge in [0.2, 0.25) is 0 Å². The van der Waals surface area contributed by atoms with Crippen molar-refractivity contribution < 1.29 is 0 Å². The molecule has 78 valence electrons. The number of hydrogen-bond donors (Lipinski definition) is 1. The van der Waals surface area contributed by atoms with Crippen LogP contribution < -0.4 is 0 Å². The Hall–Kier alpha value is -1.02. The van der Waals surface area contributed by atoms with Gasteiger partial charge in [0, 0.05) is 11.6 Å². The first-order valence-corrected chi connectivity index (χ1v) is 5.98. The van der Waals surface area contributed by atoms with Gasteiger partial charge in [-0.2, -0.15) is 12.6 Å². The van der Waals surface area contributed by atoms with Crippen molar-refractivity contribution in [1.29, 1.82) is 0 Å². The van der Waals surface area contributed by atoms with E-state index in [9.17, 15) is 0 Å². The molecule has 0 aliphatic heterocycles. The van der Waals surface area contributed by atoms with Crippen molar-refractivity contribution in [1.82, 2.24) is 4.98 Å². The van der Waals surface area contributed by atoms with E-state index in [1.54, 1.807) is 0 Å². The van der Waals surface area contributed by atoms with Gasteiger partial charge in [0.25, 0.3) is 0 Å². The van der Waals surface area contributed by atoms with Gasteiger partial charge in [-0.25, -0.2) is 0 Å². The fraction of sp³-hybridized carbons (Fsp3) is 0.308. The number of thiol groups is 1. The highest BCUT2D eigenvalue weighted by molar-refractivity contribution is 7.80. The molecule has 2 rings (SSSR count). The van der Waals surface area contributed by atoms with Crippen LogP contribution in [0.3, 0.4) is 0 Å². The Balaban J connectivity index is 2.16. The normalized spacial score (nSPS) is 10.7. The minimum Gasteiger partial charge on any atom is -0.256 e. The molecule has 0 fully saturated rings. The van der Waals surface area contributed by atoms with Crippen LogP contribution in [-0.2, 0) is 6.42 Å². The number of nitrogens with zero attached hydrogens (tertiary/aromatic N) is 1. The van der Waals surface area contributed by atoms with Gasteiger partial charge in [0.05, 0.1) is 5.52 Å². The van der Waals surface area contributed by atoms with Gasteiger partial charge >= 0.3 is 0 Å². The van der Waals surface area contributed by atoms with E-state index in [4.69, 9.17) is 0 Å². The molecule has 1 aromatic carbocycles. The fourth-order valence-corrected chi connectivity index (χ4v) is 1.95. The average molecular weight is 217 g/mol. The van der Waals surface area contributed by atoms with Gasteiger partial charge < -0.3 is 0 Å². The highest BCUT2D eigenvalue weighted by Gasteiger charge is 1.96. The summed E-state index contributed by atoms with van der Waals surface area (Å²) >= 11 is 4.22. The number of rotatable bonds is 4. The Morgan fingerprint density at radius 2 is 2.07 bits per heavy atom. The molecular formula is C13H15NS. The molecule has 0 spiro atoms. The Labute approximate surface area is 95.9 Å². The summed E-state index contributed by atoms with van der Waals surface area (Å²) < 4.78 is 0. The predicted octanol–water partition coefficient (Wildman–Crippen LogP) is 3.49. The SMILES string of the molecule is SCCCCc1ccc2ncccc2c1. The number of aromatic nitrogens is 1. The lowest BCUT2D eigenvalue weighted by Gasteiger charge is -2.02. The molecule has 1 nitrogen and oxygen atoms in total. The summed E-state index contributed by atoms with van der Waals surface area (Å²) in [5.41, 5.74) is 2.48. The predicted molar refractivity (Wildman–Crippen MR) is 68.5 cm³/mol. The number of hydrogen-bond acceptors (Lipinski definition) is 2. The Morgan fingerprint density at radius 1 is 1.13 bits per heavy atom. The van der Waals surface area contributed by atoms with Crippen LogP contribution in [0.2, 0.25) is 0 Å². The molecule has 2 heteroatoms. The van der Waals surface area contributed by atoms with Crippen molar-refractivity contribution in [2.24, 2.45) is 0 Å². The highest BCUT2D eigenvalue weighted by Crippen LogP contribution is 2.15. The van der Waals surface area contributed by atoms with Gasteiger partial charge in [-0.1, -0.05) is 12.1 Å². The van der Waals surface area contributed by atoms with Gasteiger partial charge in [-0.05, 0) is 48.8 Å². The maximum atomic E-state index is 4.31. The zero-order chi connectivity index (χ0) is 10.5. The van der Waals surface area contributed by atoms with Crippen LogP contribution in [0.5, 0.6) is 0 Å². The fourth-order valence-electron chi connectivity index (χ4n) is 1.72. The van der Waals surface area contributed by atoms with Crippen molar-refractivity contribution in [2.45, 2.75) is 19.3 Å². The highest BCUT2D eigenvalue weighted by atomic mass is 32.1. The Kier molecular flexibility index (Phi) is 3.62. The van der Waals surface area contributed by atoms with E-state index < -0.39 is 0 Å². The summed E-state index contributed by atoms with van der Waals surface area (Å²) in [5.74, 6) is 0.981. The monoisotopic (exact) mass is 217 g/mol. The molecule has 0 saturated carbocycles. The number of aryl methyl sites for hydroxylation is 1. The third-order valence-corrected chi connectivity index (χ3v) is 2.86. The third kappa shape index (κ3) is 2.72. The lowest BCUT2D eigenvalue weighted by Crippen LogP contribution is -1.87. The maximum Gasteiger partial charge on any atom is 0.0702 e. The zero-order valence-corrected chi connectivity index (χ0v) is 9.58. The van der Waals surface area contributed by atoms with Crippen LogP contribution in [-0.4, -0.2) is 10.7 Å². The van der Waals surface area contributed by atoms with E-state index in [1.807, 2.05) is 12.3 Å². The Bertz CT molecular complexity index is 439. The second-order valence-electron chi connectivity index (χ2n) is 3.71. The van der Waals surface area contributed by atoms with Crippen LogP contribution in [0.1, 0.15) is 18.4 Å². The average Bonchev–Trinajstić information content (AvgIpc) is 2.29. The second-order valence-corrected chi connectivity index (χ2v) is 4.16. The van der Waals surface area contributed by atoms with Crippen LogP contribution >= 0.6 is 12.6 Å². The number of fused-ring (bicyclic) bond motifs is 1. The molecule has 0 amide bonds. The van der Waals surface area contributed by atoms with E-state index in [1.165, 1.54) is 23.8 Å². The molecule has 2 aromatic rings. The standard InChI is InChI=1S/C13H15NS/c15-9-2-1-4-11-6-7-13-12(10-11)5-3-8-14-13/h3,5-8,10,15H,1-2,4,9H2. The van der Waals surface area contributed by atoms with Crippen molar-refractivity contribution in [3.63, 3.8) is 0 Å². The van der Waals surface area contributed by atoms with E-state index in [0.29, 0.717) is 0 Å². The maximum absolute atomic E-state index is 4.31. The molecule has 0 atom stereocenters. The first-order chi connectivity index (χ1) is 7.40. The lowest BCUT2D eigenvalue weighted by atomic mass is 10.1. The van der Waals surface area contributed by atoms with Crippen LogP contribution in [0.25, 0.3) is 10.9 Å². The third-order valence-electron chi connectivity index (χ3n) is 2.54. The summed E-state index contributed by atoms with van der Waals surface area (Å²) in [6.45, 7) is 0. The molecule has 0 saturated heterocycles.